The third-order valence-electron chi connectivity index (χ3n) is 5.97. The predicted octanol–water partition coefficient (Wildman–Crippen LogP) is 4.40. The van der Waals surface area contributed by atoms with Crippen LogP contribution in [0.5, 0.6) is 0 Å². The first-order chi connectivity index (χ1) is 17.8. The summed E-state index contributed by atoms with van der Waals surface area (Å²) in [5.41, 5.74) is 0. The number of carbonyl (C=O) groups excluding carboxylic acids is 4. The van der Waals surface area contributed by atoms with Gasteiger partial charge in [0.25, 0.3) is 0 Å². The molecule has 0 bridgehead atoms. The Labute approximate surface area is 221 Å². The lowest BCUT2D eigenvalue weighted by atomic mass is 9.97. The second kappa shape index (κ2) is 19.0. The second-order valence-electron chi connectivity index (χ2n) is 9.24. The minimum Gasteiger partial charge on any atom is -0.463 e. The average molecular weight is 531 g/mol. The molecule has 37 heavy (non-hydrogen) atoms. The van der Waals surface area contributed by atoms with Gasteiger partial charge in [0, 0.05) is 32.8 Å². The molecule has 1 fully saturated rings. The highest BCUT2D eigenvalue weighted by Gasteiger charge is 2.53. The van der Waals surface area contributed by atoms with Gasteiger partial charge in [-0.2, -0.15) is 0 Å². The van der Waals surface area contributed by atoms with Crippen molar-refractivity contribution < 1.29 is 47.6 Å². The van der Waals surface area contributed by atoms with E-state index < -0.39 is 54.6 Å². The van der Waals surface area contributed by atoms with E-state index in [2.05, 4.69) is 0 Å². The highest BCUT2D eigenvalue weighted by molar-refractivity contribution is 5.72. The van der Waals surface area contributed by atoms with Gasteiger partial charge in [-0.1, -0.05) is 53.4 Å². The Balaban J connectivity index is 3.27. The average Bonchev–Trinajstić information content (AvgIpc) is 2.89. The third-order valence-corrected chi connectivity index (χ3v) is 5.97. The lowest BCUT2D eigenvalue weighted by molar-refractivity contribution is -0.303. The van der Waals surface area contributed by atoms with E-state index in [1.165, 1.54) is 7.11 Å². The van der Waals surface area contributed by atoms with E-state index in [0.717, 1.165) is 25.7 Å². The van der Waals surface area contributed by atoms with Gasteiger partial charge in [-0.15, -0.1) is 0 Å². The Bertz CT molecular complexity index is 695. The number of rotatable bonds is 18. The van der Waals surface area contributed by atoms with E-state index in [4.69, 9.17) is 28.4 Å². The zero-order chi connectivity index (χ0) is 27.6. The second-order valence-corrected chi connectivity index (χ2v) is 9.24. The van der Waals surface area contributed by atoms with Gasteiger partial charge in [0.2, 0.25) is 0 Å². The predicted molar refractivity (Wildman–Crippen MR) is 134 cm³/mol. The molecule has 0 saturated carbocycles. The van der Waals surface area contributed by atoms with Crippen LogP contribution < -0.4 is 0 Å². The van der Waals surface area contributed by atoms with Crippen LogP contribution in [0.2, 0.25) is 0 Å². The van der Waals surface area contributed by atoms with E-state index in [-0.39, 0.29) is 32.3 Å². The molecule has 0 aromatic heterocycles. The lowest BCUT2D eigenvalue weighted by Crippen LogP contribution is -2.63. The standard InChI is InChI=1S/C27H46O10/c1-6-10-14-20(28)33-18-19-24(35-21(29)15-11-7-2)25(36-22(30)16-12-8-3)26(27(32-5)34-19)37-23(31)17-13-9-4/h19,24-27H,6-18H2,1-5H3. The number of hydrogen-bond donors (Lipinski definition) is 0. The summed E-state index contributed by atoms with van der Waals surface area (Å²) < 4.78 is 34.0. The van der Waals surface area contributed by atoms with Crippen LogP contribution in [0.4, 0.5) is 0 Å². The number of carbonyl (C=O) groups is 4. The maximum Gasteiger partial charge on any atom is 0.306 e. The minimum atomic E-state index is -1.20. The summed E-state index contributed by atoms with van der Waals surface area (Å²) in [6.07, 6.45) is 0.774. The van der Waals surface area contributed by atoms with E-state index >= 15 is 0 Å². The molecule has 1 rings (SSSR count). The first-order valence-electron chi connectivity index (χ1n) is 13.7. The van der Waals surface area contributed by atoms with Gasteiger partial charge in [0.1, 0.15) is 12.7 Å². The van der Waals surface area contributed by atoms with Crippen LogP contribution in [-0.2, 0) is 47.6 Å². The molecule has 0 aliphatic carbocycles. The minimum absolute atomic E-state index is 0.148. The molecule has 10 nitrogen and oxygen atoms in total. The van der Waals surface area contributed by atoms with Crippen LogP contribution >= 0.6 is 0 Å². The van der Waals surface area contributed by atoms with Crippen molar-refractivity contribution in [1.29, 1.82) is 0 Å². The number of unbranched alkanes of at least 4 members (excludes halogenated alkanes) is 4. The van der Waals surface area contributed by atoms with E-state index in [0.29, 0.717) is 25.7 Å². The number of hydrogen-bond acceptors (Lipinski definition) is 10. The fourth-order valence-corrected chi connectivity index (χ4v) is 3.77. The molecule has 5 unspecified atom stereocenters. The molecule has 1 saturated heterocycles. The molecule has 0 radical (unpaired) electrons. The van der Waals surface area contributed by atoms with Crippen LogP contribution in [0.25, 0.3) is 0 Å². The van der Waals surface area contributed by atoms with E-state index in [1.54, 1.807) is 0 Å². The van der Waals surface area contributed by atoms with E-state index in [1.807, 2.05) is 27.7 Å². The van der Waals surface area contributed by atoms with Crippen molar-refractivity contribution in [3.05, 3.63) is 0 Å². The van der Waals surface area contributed by atoms with E-state index in [9.17, 15) is 19.2 Å². The van der Waals surface area contributed by atoms with Crippen LogP contribution in [0, 0.1) is 0 Å². The molecule has 214 valence electrons. The summed E-state index contributed by atoms with van der Waals surface area (Å²) in [6.45, 7) is 7.57. The normalized spacial score (nSPS) is 23.2. The SMILES string of the molecule is CCCCC(=O)OCC1OC(OC)C(OC(=O)CCCC)C(OC(=O)CCCC)C1OC(=O)CCCC. The highest BCUT2D eigenvalue weighted by Crippen LogP contribution is 2.30. The Hall–Kier alpha value is -2.20. The maximum atomic E-state index is 12.7. The van der Waals surface area contributed by atoms with Gasteiger partial charge in [-0.05, 0) is 25.7 Å². The number of esters is 4. The van der Waals surface area contributed by atoms with Crippen molar-refractivity contribution in [1.82, 2.24) is 0 Å². The molecular formula is C27H46O10. The van der Waals surface area contributed by atoms with Gasteiger partial charge < -0.3 is 28.4 Å². The molecule has 0 N–H and O–H groups in total. The van der Waals surface area contributed by atoms with Crippen molar-refractivity contribution in [3.8, 4) is 0 Å². The quantitative estimate of drug-likeness (QED) is 0.186. The molecule has 1 heterocycles. The van der Waals surface area contributed by atoms with Crippen molar-refractivity contribution >= 4 is 23.9 Å². The molecule has 0 amide bonds. The summed E-state index contributed by atoms with van der Waals surface area (Å²) in [6, 6.07) is 0. The lowest BCUT2D eigenvalue weighted by Gasteiger charge is -2.44. The topological polar surface area (TPSA) is 124 Å². The Kier molecular flexibility index (Phi) is 16.8. The zero-order valence-electron chi connectivity index (χ0n) is 23.2. The van der Waals surface area contributed by atoms with Crippen molar-refractivity contribution in [2.45, 2.75) is 135 Å². The summed E-state index contributed by atoms with van der Waals surface area (Å²) >= 11 is 0. The molecule has 1 aliphatic heterocycles. The van der Waals surface area contributed by atoms with Gasteiger partial charge >= 0.3 is 23.9 Å². The summed E-state index contributed by atoms with van der Waals surface area (Å²) in [5, 5.41) is 0. The first kappa shape index (κ1) is 32.8. The summed E-state index contributed by atoms with van der Waals surface area (Å²) in [4.78, 5) is 50.1. The van der Waals surface area contributed by atoms with Crippen molar-refractivity contribution in [2.75, 3.05) is 13.7 Å². The van der Waals surface area contributed by atoms with Gasteiger partial charge in [0.15, 0.2) is 24.6 Å². The van der Waals surface area contributed by atoms with Crippen molar-refractivity contribution in [3.63, 3.8) is 0 Å². The van der Waals surface area contributed by atoms with Gasteiger partial charge in [-0.25, -0.2) is 0 Å². The monoisotopic (exact) mass is 530 g/mol. The Morgan fingerprint density at radius 2 is 1.00 bits per heavy atom. The van der Waals surface area contributed by atoms with Gasteiger partial charge in [0.05, 0.1) is 0 Å². The molecule has 0 aromatic rings. The number of methoxy groups -OCH3 is 1. The maximum absolute atomic E-state index is 12.7. The van der Waals surface area contributed by atoms with Gasteiger partial charge in [-0.3, -0.25) is 19.2 Å². The third kappa shape index (κ3) is 12.3. The molecular weight excluding hydrogens is 484 g/mol. The van der Waals surface area contributed by atoms with Crippen LogP contribution in [0.1, 0.15) is 105 Å². The molecule has 5 atom stereocenters. The summed E-state index contributed by atoms with van der Waals surface area (Å²) in [5.74, 6) is -1.96. The smallest absolute Gasteiger partial charge is 0.306 e. The largest absolute Gasteiger partial charge is 0.463 e. The fourth-order valence-electron chi connectivity index (χ4n) is 3.77. The Morgan fingerprint density at radius 1 is 0.595 bits per heavy atom. The highest BCUT2D eigenvalue weighted by atomic mass is 16.7. The van der Waals surface area contributed by atoms with Crippen molar-refractivity contribution in [2.24, 2.45) is 0 Å². The zero-order valence-corrected chi connectivity index (χ0v) is 23.2. The molecule has 0 spiro atoms. The van der Waals surface area contributed by atoms with Crippen LogP contribution in [0.15, 0.2) is 0 Å². The molecule has 10 heteroatoms. The summed E-state index contributed by atoms with van der Waals surface area (Å²) in [7, 11) is 1.37. The fraction of sp³-hybridized carbons (Fsp3) is 0.852. The van der Waals surface area contributed by atoms with Crippen LogP contribution in [0.3, 0.4) is 0 Å². The van der Waals surface area contributed by atoms with Crippen LogP contribution in [-0.4, -0.2) is 68.3 Å². The molecule has 1 aliphatic rings. The molecule has 0 aromatic carbocycles. The number of ether oxygens (including phenoxy) is 6. The Morgan fingerprint density at radius 3 is 1.43 bits per heavy atom. The first-order valence-corrected chi connectivity index (χ1v) is 13.7.